The van der Waals surface area contributed by atoms with Gasteiger partial charge in [0.15, 0.2) is 5.82 Å². The third-order valence-corrected chi connectivity index (χ3v) is 9.81. The van der Waals surface area contributed by atoms with Crippen LogP contribution >= 0.6 is 0 Å². The van der Waals surface area contributed by atoms with Crippen molar-refractivity contribution >= 4 is 37.6 Å². The number of benzene rings is 2. The Labute approximate surface area is 180 Å². The van der Waals surface area contributed by atoms with E-state index < -0.39 is 16.1 Å². The molecule has 0 atom stereocenters. The van der Waals surface area contributed by atoms with Gasteiger partial charge in [-0.3, -0.25) is 0 Å². The Balaban J connectivity index is 1.99. The SMILES string of the molecule is Cc1nc2cc(-c3ncnn3-c3c([Si](C)(C)C)cccc3[Si](C)(C)C)ccc2n1C. The van der Waals surface area contributed by atoms with E-state index in [1.165, 1.54) is 16.1 Å². The highest BCUT2D eigenvalue weighted by molar-refractivity contribution is 6.93. The normalized spacial score (nSPS) is 12.7. The minimum absolute atomic E-state index is 0.880. The third kappa shape index (κ3) is 3.46. The van der Waals surface area contributed by atoms with Crippen molar-refractivity contribution in [3.05, 3.63) is 48.5 Å². The van der Waals surface area contributed by atoms with E-state index in [9.17, 15) is 0 Å². The lowest BCUT2D eigenvalue weighted by atomic mass is 10.2. The first-order valence-electron chi connectivity index (χ1n) is 10.5. The zero-order valence-corrected chi connectivity index (χ0v) is 21.3. The van der Waals surface area contributed by atoms with Gasteiger partial charge >= 0.3 is 0 Å². The summed E-state index contributed by atoms with van der Waals surface area (Å²) in [5.41, 5.74) is 4.42. The fourth-order valence-electron chi connectivity index (χ4n) is 4.04. The highest BCUT2D eigenvalue weighted by Gasteiger charge is 2.30. The monoisotopic (exact) mass is 433 g/mol. The summed E-state index contributed by atoms with van der Waals surface area (Å²) in [5.74, 6) is 1.89. The summed E-state index contributed by atoms with van der Waals surface area (Å²) in [4.78, 5) is 9.41. The number of hydrogen-bond acceptors (Lipinski definition) is 3. The van der Waals surface area contributed by atoms with Gasteiger partial charge in [0.2, 0.25) is 0 Å². The molecule has 7 heteroatoms. The van der Waals surface area contributed by atoms with Crippen molar-refractivity contribution < 1.29 is 0 Å². The summed E-state index contributed by atoms with van der Waals surface area (Å²) in [6, 6.07) is 13.2. The van der Waals surface area contributed by atoms with Crippen LogP contribution in [0.15, 0.2) is 42.7 Å². The van der Waals surface area contributed by atoms with Gasteiger partial charge < -0.3 is 4.57 Å². The number of nitrogens with zero attached hydrogens (tertiary/aromatic N) is 5. The molecule has 0 saturated carbocycles. The molecule has 0 saturated heterocycles. The van der Waals surface area contributed by atoms with Gasteiger partial charge in [-0.2, -0.15) is 5.10 Å². The maximum absolute atomic E-state index is 4.74. The topological polar surface area (TPSA) is 48.5 Å². The summed E-state index contributed by atoms with van der Waals surface area (Å²) < 4.78 is 4.20. The van der Waals surface area contributed by atoms with E-state index in [0.29, 0.717) is 0 Å². The molecule has 0 aliphatic rings. The van der Waals surface area contributed by atoms with E-state index in [1.807, 2.05) is 6.92 Å². The average Bonchev–Trinajstić information content (AvgIpc) is 3.24. The van der Waals surface area contributed by atoms with Crippen LogP contribution in [-0.2, 0) is 7.05 Å². The lowest BCUT2D eigenvalue weighted by Crippen LogP contribution is -2.49. The molecule has 0 spiro atoms. The van der Waals surface area contributed by atoms with Gasteiger partial charge in [-0.1, -0.05) is 57.5 Å². The van der Waals surface area contributed by atoms with Gasteiger partial charge in [0, 0.05) is 12.6 Å². The minimum Gasteiger partial charge on any atom is -0.331 e. The molecule has 4 aromatic rings. The summed E-state index contributed by atoms with van der Waals surface area (Å²) in [5, 5.41) is 7.61. The van der Waals surface area contributed by atoms with Gasteiger partial charge in [-0.25, -0.2) is 14.6 Å². The number of aromatic nitrogens is 5. The second-order valence-electron chi connectivity index (χ2n) is 10.1. The Kier molecular flexibility index (Phi) is 4.86. The third-order valence-electron chi connectivity index (χ3n) is 5.77. The van der Waals surface area contributed by atoms with Crippen molar-refractivity contribution in [2.24, 2.45) is 7.05 Å². The van der Waals surface area contributed by atoms with Crippen LogP contribution in [-0.4, -0.2) is 40.5 Å². The molecule has 2 aromatic heterocycles. The van der Waals surface area contributed by atoms with E-state index >= 15 is 0 Å². The molecule has 5 nitrogen and oxygen atoms in total. The Hall–Kier alpha value is -2.52. The number of para-hydroxylation sites is 1. The van der Waals surface area contributed by atoms with Gasteiger partial charge in [0.25, 0.3) is 0 Å². The van der Waals surface area contributed by atoms with E-state index in [1.54, 1.807) is 6.33 Å². The second kappa shape index (κ2) is 7.02. The number of rotatable bonds is 4. The van der Waals surface area contributed by atoms with Gasteiger partial charge in [-0.05, 0) is 35.5 Å². The lowest BCUT2D eigenvalue weighted by Gasteiger charge is -2.28. The quantitative estimate of drug-likeness (QED) is 0.453. The van der Waals surface area contributed by atoms with Crippen LogP contribution in [0.5, 0.6) is 0 Å². The molecular formula is C23H31N5Si2. The molecule has 0 aliphatic carbocycles. The average molecular weight is 434 g/mol. The van der Waals surface area contributed by atoms with Crippen LogP contribution in [0.3, 0.4) is 0 Å². The van der Waals surface area contributed by atoms with Crippen molar-refractivity contribution in [2.45, 2.75) is 46.2 Å². The predicted octanol–water partition coefficient (Wildman–Crippen LogP) is 4.22. The van der Waals surface area contributed by atoms with Crippen molar-refractivity contribution in [3.8, 4) is 17.1 Å². The number of aryl methyl sites for hydroxylation is 2. The standard InChI is InChI=1S/C23H31N5Si2/c1-16-26-18-14-17(12-13-19(18)27(16)2)23-24-15-25-28(23)22-20(29(3,4)5)10-9-11-21(22)30(6,7)8/h9-15H,1-8H3. The molecule has 0 radical (unpaired) electrons. The molecule has 0 aliphatic heterocycles. The summed E-state index contributed by atoms with van der Waals surface area (Å²) >= 11 is 0. The Morgan fingerprint density at radius 3 is 2.10 bits per heavy atom. The van der Waals surface area contributed by atoms with E-state index in [4.69, 9.17) is 15.1 Å². The van der Waals surface area contributed by atoms with E-state index in [-0.39, 0.29) is 0 Å². The van der Waals surface area contributed by atoms with Crippen LogP contribution in [0, 0.1) is 6.92 Å². The maximum Gasteiger partial charge on any atom is 0.163 e. The molecule has 0 bridgehead atoms. The van der Waals surface area contributed by atoms with Gasteiger partial charge in [0.05, 0.1) is 32.9 Å². The summed E-state index contributed by atoms with van der Waals surface area (Å²) in [6.07, 6.45) is 1.68. The molecular weight excluding hydrogens is 402 g/mol. The molecule has 30 heavy (non-hydrogen) atoms. The second-order valence-corrected chi connectivity index (χ2v) is 20.2. The highest BCUT2D eigenvalue weighted by Crippen LogP contribution is 2.25. The fourth-order valence-corrected chi connectivity index (χ4v) is 7.26. The van der Waals surface area contributed by atoms with Crippen LogP contribution < -0.4 is 10.4 Å². The first-order chi connectivity index (χ1) is 14.0. The zero-order valence-electron chi connectivity index (χ0n) is 19.3. The van der Waals surface area contributed by atoms with E-state index in [0.717, 1.165) is 28.2 Å². The summed E-state index contributed by atoms with van der Waals surface area (Å²) in [7, 11) is -1.14. The molecule has 0 unspecified atom stereocenters. The zero-order chi connectivity index (χ0) is 21.8. The first-order valence-corrected chi connectivity index (χ1v) is 17.5. The minimum atomic E-state index is -1.60. The largest absolute Gasteiger partial charge is 0.331 e. The fraction of sp³-hybridized carbons (Fsp3) is 0.348. The number of fused-ring (bicyclic) bond motifs is 1. The molecule has 2 aromatic carbocycles. The number of imidazole rings is 1. The molecule has 2 heterocycles. The van der Waals surface area contributed by atoms with Crippen molar-refractivity contribution in [1.29, 1.82) is 0 Å². The van der Waals surface area contributed by atoms with Crippen molar-refractivity contribution in [2.75, 3.05) is 0 Å². The van der Waals surface area contributed by atoms with Crippen LogP contribution in [0.25, 0.3) is 28.1 Å². The summed E-state index contributed by atoms with van der Waals surface area (Å²) in [6.45, 7) is 16.4. The number of hydrogen-bond donors (Lipinski definition) is 0. The van der Waals surface area contributed by atoms with Crippen LogP contribution in [0.1, 0.15) is 5.82 Å². The molecule has 4 rings (SSSR count). The predicted molar refractivity (Wildman–Crippen MR) is 132 cm³/mol. The van der Waals surface area contributed by atoms with E-state index in [2.05, 4.69) is 92.0 Å². The molecule has 0 N–H and O–H groups in total. The molecule has 0 amide bonds. The van der Waals surface area contributed by atoms with Gasteiger partial charge in [-0.15, -0.1) is 0 Å². The van der Waals surface area contributed by atoms with Crippen LogP contribution in [0.2, 0.25) is 39.3 Å². The Bertz CT molecular complexity index is 1210. The highest BCUT2D eigenvalue weighted by atomic mass is 28.3. The Morgan fingerprint density at radius 2 is 1.50 bits per heavy atom. The first kappa shape index (κ1) is 20.7. The maximum atomic E-state index is 4.74. The van der Waals surface area contributed by atoms with Crippen LogP contribution in [0.4, 0.5) is 0 Å². The van der Waals surface area contributed by atoms with Crippen molar-refractivity contribution in [3.63, 3.8) is 0 Å². The lowest BCUT2D eigenvalue weighted by molar-refractivity contribution is 0.886. The molecule has 156 valence electrons. The smallest absolute Gasteiger partial charge is 0.163 e. The van der Waals surface area contributed by atoms with Crippen molar-refractivity contribution in [1.82, 2.24) is 24.3 Å². The van der Waals surface area contributed by atoms with Gasteiger partial charge in [0.1, 0.15) is 12.2 Å². The molecule has 0 fully saturated rings. The Morgan fingerprint density at radius 1 is 0.867 bits per heavy atom.